The maximum Gasteiger partial charge on any atom is 0.216 e. The van der Waals surface area contributed by atoms with Crippen LogP contribution in [0.3, 0.4) is 0 Å². The lowest BCUT2D eigenvalue weighted by Gasteiger charge is -2.13. The summed E-state index contributed by atoms with van der Waals surface area (Å²) in [6, 6.07) is 7.16. The molecule has 1 aliphatic rings. The molecule has 0 amide bonds. The predicted molar refractivity (Wildman–Crippen MR) is 116 cm³/mol. The second-order valence-electron chi connectivity index (χ2n) is 7.68. The number of oxazole rings is 1. The zero-order chi connectivity index (χ0) is 18.7. The maximum absolute atomic E-state index is 13.9. The molecular weight excluding hydrogens is 458 g/mol. The molecule has 1 aliphatic carbocycles. The molecular formula is C20H28FIN4O. The summed E-state index contributed by atoms with van der Waals surface area (Å²) in [7, 11) is 0. The van der Waals surface area contributed by atoms with Crippen molar-refractivity contribution in [2.45, 2.75) is 58.0 Å². The van der Waals surface area contributed by atoms with Crippen LogP contribution in [-0.4, -0.2) is 23.5 Å². The predicted octanol–water partition coefficient (Wildman–Crippen LogP) is 4.34. The standard InChI is InChI=1S/C20H27FN4O.HI/c1-5-22-19(24-12-18-23-11-17(26-18)20(2,3)4)25-16-10-14(16)13-8-6-7-9-15(13)21;/h6-9,11,14,16H,5,10,12H2,1-4H3,(H2,22,24,25);1H. The zero-order valence-electron chi connectivity index (χ0n) is 16.3. The molecule has 7 heteroatoms. The van der Waals surface area contributed by atoms with Crippen molar-refractivity contribution in [2.75, 3.05) is 6.54 Å². The largest absolute Gasteiger partial charge is 0.443 e. The number of aromatic nitrogens is 1. The molecule has 1 saturated carbocycles. The minimum absolute atomic E-state index is 0. The van der Waals surface area contributed by atoms with Crippen molar-refractivity contribution in [2.24, 2.45) is 4.99 Å². The fourth-order valence-electron chi connectivity index (χ4n) is 2.85. The Morgan fingerprint density at radius 1 is 1.33 bits per heavy atom. The first-order valence-electron chi connectivity index (χ1n) is 9.13. The summed E-state index contributed by atoms with van der Waals surface area (Å²) in [6.45, 7) is 9.39. The van der Waals surface area contributed by atoms with Gasteiger partial charge in [0.05, 0.1) is 6.20 Å². The lowest BCUT2D eigenvalue weighted by Crippen LogP contribution is -2.39. The van der Waals surface area contributed by atoms with Gasteiger partial charge in [-0.15, -0.1) is 24.0 Å². The lowest BCUT2D eigenvalue weighted by molar-refractivity contribution is 0.383. The third-order valence-electron chi connectivity index (χ3n) is 4.43. The van der Waals surface area contributed by atoms with E-state index in [0.717, 1.165) is 24.3 Å². The van der Waals surface area contributed by atoms with Crippen LogP contribution in [0.4, 0.5) is 4.39 Å². The van der Waals surface area contributed by atoms with Gasteiger partial charge in [0.2, 0.25) is 5.89 Å². The zero-order valence-corrected chi connectivity index (χ0v) is 18.6. The van der Waals surface area contributed by atoms with Crippen molar-refractivity contribution in [3.8, 4) is 0 Å². The van der Waals surface area contributed by atoms with Crippen molar-refractivity contribution < 1.29 is 8.81 Å². The number of halogens is 2. The van der Waals surface area contributed by atoms with Crippen LogP contribution in [0.5, 0.6) is 0 Å². The van der Waals surface area contributed by atoms with Gasteiger partial charge in [-0.25, -0.2) is 14.4 Å². The third-order valence-corrected chi connectivity index (χ3v) is 4.43. The van der Waals surface area contributed by atoms with Gasteiger partial charge in [0.25, 0.3) is 0 Å². The van der Waals surface area contributed by atoms with Crippen LogP contribution in [0, 0.1) is 5.82 Å². The smallest absolute Gasteiger partial charge is 0.216 e. The SMILES string of the molecule is CCNC(=NCc1ncc(C(C)(C)C)o1)NC1CC1c1ccccc1F.I. The Kier molecular flexibility index (Phi) is 7.25. The van der Waals surface area contributed by atoms with Crippen LogP contribution in [0.25, 0.3) is 0 Å². The number of nitrogens with one attached hydrogen (secondary N) is 2. The third kappa shape index (κ3) is 5.67. The van der Waals surface area contributed by atoms with Gasteiger partial charge in [-0.05, 0) is 25.0 Å². The van der Waals surface area contributed by atoms with Gasteiger partial charge in [0, 0.05) is 23.9 Å². The van der Waals surface area contributed by atoms with Gasteiger partial charge < -0.3 is 15.1 Å². The van der Waals surface area contributed by atoms with Crippen molar-refractivity contribution in [3.63, 3.8) is 0 Å². The maximum atomic E-state index is 13.9. The second-order valence-corrected chi connectivity index (χ2v) is 7.68. The number of aliphatic imine (C=N–C) groups is 1. The number of hydrogen-bond donors (Lipinski definition) is 2. The molecule has 0 aliphatic heterocycles. The summed E-state index contributed by atoms with van der Waals surface area (Å²) in [5.74, 6) is 2.19. The highest BCUT2D eigenvalue weighted by atomic mass is 127. The first-order valence-corrected chi connectivity index (χ1v) is 9.13. The van der Waals surface area contributed by atoms with Crippen LogP contribution < -0.4 is 10.6 Å². The van der Waals surface area contributed by atoms with Gasteiger partial charge >= 0.3 is 0 Å². The van der Waals surface area contributed by atoms with Crippen LogP contribution in [-0.2, 0) is 12.0 Å². The number of guanidine groups is 1. The minimum atomic E-state index is -0.141. The van der Waals surface area contributed by atoms with Gasteiger partial charge in [-0.3, -0.25) is 0 Å². The van der Waals surface area contributed by atoms with Crippen molar-refractivity contribution >= 4 is 29.9 Å². The van der Waals surface area contributed by atoms with E-state index in [1.165, 1.54) is 6.07 Å². The molecule has 1 fully saturated rings. The van der Waals surface area contributed by atoms with Crippen LogP contribution in [0.2, 0.25) is 0 Å². The molecule has 1 aromatic heterocycles. The van der Waals surface area contributed by atoms with E-state index in [1.807, 2.05) is 19.1 Å². The summed E-state index contributed by atoms with van der Waals surface area (Å²) in [5.41, 5.74) is 0.696. The fourth-order valence-corrected chi connectivity index (χ4v) is 2.85. The van der Waals surface area contributed by atoms with Crippen LogP contribution >= 0.6 is 24.0 Å². The first kappa shape index (κ1) is 21.7. The molecule has 0 saturated heterocycles. The normalized spacial score (nSPS) is 19.4. The first-order chi connectivity index (χ1) is 12.4. The fraction of sp³-hybridized carbons (Fsp3) is 0.500. The number of hydrogen-bond acceptors (Lipinski definition) is 3. The molecule has 0 radical (unpaired) electrons. The summed E-state index contributed by atoms with van der Waals surface area (Å²) in [4.78, 5) is 8.86. The Hall–Kier alpha value is -1.64. The highest BCUT2D eigenvalue weighted by Crippen LogP contribution is 2.41. The Labute approximate surface area is 177 Å². The van der Waals surface area contributed by atoms with E-state index in [0.29, 0.717) is 18.4 Å². The molecule has 2 aromatic rings. The molecule has 2 atom stereocenters. The molecule has 27 heavy (non-hydrogen) atoms. The number of benzene rings is 1. The van der Waals surface area contributed by atoms with Gasteiger partial charge in [-0.1, -0.05) is 39.0 Å². The van der Waals surface area contributed by atoms with E-state index in [2.05, 4.69) is 41.4 Å². The topological polar surface area (TPSA) is 62.5 Å². The highest BCUT2D eigenvalue weighted by Gasteiger charge is 2.40. The van der Waals surface area contributed by atoms with Gasteiger partial charge in [-0.2, -0.15) is 0 Å². The van der Waals surface area contributed by atoms with Crippen molar-refractivity contribution in [1.29, 1.82) is 0 Å². The number of rotatable bonds is 5. The molecule has 0 spiro atoms. The highest BCUT2D eigenvalue weighted by molar-refractivity contribution is 14.0. The van der Waals surface area contributed by atoms with Gasteiger partial charge in [0.1, 0.15) is 18.1 Å². The van der Waals surface area contributed by atoms with E-state index < -0.39 is 0 Å². The Bertz CT molecular complexity index is 784. The summed E-state index contributed by atoms with van der Waals surface area (Å²) < 4.78 is 19.7. The molecule has 3 rings (SSSR count). The van der Waals surface area contributed by atoms with E-state index in [1.54, 1.807) is 12.3 Å². The van der Waals surface area contributed by atoms with Crippen molar-refractivity contribution in [1.82, 2.24) is 15.6 Å². The van der Waals surface area contributed by atoms with E-state index in [-0.39, 0.29) is 47.2 Å². The number of nitrogens with zero attached hydrogens (tertiary/aromatic N) is 2. The van der Waals surface area contributed by atoms with Crippen LogP contribution in [0.1, 0.15) is 57.2 Å². The quantitative estimate of drug-likeness (QED) is 0.375. The molecule has 0 bridgehead atoms. The summed E-state index contributed by atoms with van der Waals surface area (Å²) >= 11 is 0. The summed E-state index contributed by atoms with van der Waals surface area (Å²) in [6.07, 6.45) is 2.67. The Balaban J connectivity index is 0.00000261. The Morgan fingerprint density at radius 3 is 2.70 bits per heavy atom. The van der Waals surface area contributed by atoms with E-state index >= 15 is 0 Å². The average Bonchev–Trinajstić information content (AvgIpc) is 3.15. The molecule has 1 aromatic carbocycles. The molecule has 2 N–H and O–H groups in total. The lowest BCUT2D eigenvalue weighted by atomic mass is 9.94. The van der Waals surface area contributed by atoms with Gasteiger partial charge in [0.15, 0.2) is 5.96 Å². The second kappa shape index (κ2) is 9.03. The minimum Gasteiger partial charge on any atom is -0.443 e. The molecule has 5 nitrogen and oxygen atoms in total. The monoisotopic (exact) mass is 486 g/mol. The molecule has 148 valence electrons. The van der Waals surface area contributed by atoms with Crippen molar-refractivity contribution in [3.05, 3.63) is 53.5 Å². The molecule has 1 heterocycles. The summed E-state index contributed by atoms with van der Waals surface area (Å²) in [5, 5.41) is 6.60. The Morgan fingerprint density at radius 2 is 2.07 bits per heavy atom. The van der Waals surface area contributed by atoms with Crippen LogP contribution in [0.15, 0.2) is 39.9 Å². The molecule has 2 unspecified atom stereocenters. The van der Waals surface area contributed by atoms with E-state index in [9.17, 15) is 4.39 Å². The average molecular weight is 486 g/mol. The van der Waals surface area contributed by atoms with E-state index in [4.69, 9.17) is 4.42 Å².